The monoisotopic (exact) mass is 198 g/mol. The highest BCUT2D eigenvalue weighted by Crippen LogP contribution is 2.22. The molecule has 14 heavy (non-hydrogen) atoms. The Balaban J connectivity index is 2.40. The standard InChI is InChI=1S/C12H26N2/c1-5-6-7-14-9-10(2)12(13-4)8-11(14)3/h10-13H,5-9H2,1-4H3. The number of nitrogens with one attached hydrogen (secondary N) is 1. The van der Waals surface area contributed by atoms with E-state index in [1.54, 1.807) is 0 Å². The maximum absolute atomic E-state index is 3.43. The van der Waals surface area contributed by atoms with E-state index in [4.69, 9.17) is 0 Å². The zero-order valence-corrected chi connectivity index (χ0v) is 10.2. The Labute approximate surface area is 89.1 Å². The van der Waals surface area contributed by atoms with Crippen molar-refractivity contribution in [2.24, 2.45) is 5.92 Å². The first-order valence-corrected chi connectivity index (χ1v) is 6.10. The van der Waals surface area contributed by atoms with Crippen LogP contribution in [0.4, 0.5) is 0 Å². The van der Waals surface area contributed by atoms with Gasteiger partial charge in [0.1, 0.15) is 0 Å². The Hall–Kier alpha value is -0.0800. The van der Waals surface area contributed by atoms with Crippen LogP contribution < -0.4 is 5.32 Å². The van der Waals surface area contributed by atoms with Gasteiger partial charge in [0.2, 0.25) is 0 Å². The fourth-order valence-electron chi connectivity index (χ4n) is 2.50. The minimum absolute atomic E-state index is 0.725. The molecular formula is C12H26N2. The second kappa shape index (κ2) is 5.72. The van der Waals surface area contributed by atoms with Crippen molar-refractivity contribution in [1.29, 1.82) is 0 Å². The Morgan fingerprint density at radius 1 is 1.36 bits per heavy atom. The lowest BCUT2D eigenvalue weighted by molar-refractivity contribution is 0.0970. The lowest BCUT2D eigenvalue weighted by Crippen LogP contribution is -2.51. The molecule has 0 spiro atoms. The minimum Gasteiger partial charge on any atom is -0.317 e. The normalized spacial score (nSPS) is 34.7. The molecule has 0 saturated carbocycles. The highest BCUT2D eigenvalue weighted by molar-refractivity contribution is 4.86. The van der Waals surface area contributed by atoms with Gasteiger partial charge in [-0.3, -0.25) is 0 Å². The molecule has 0 aromatic heterocycles. The number of hydrogen-bond acceptors (Lipinski definition) is 2. The van der Waals surface area contributed by atoms with Crippen LogP contribution in [0.3, 0.4) is 0 Å². The first-order chi connectivity index (χ1) is 6.69. The average Bonchev–Trinajstić information content (AvgIpc) is 2.18. The van der Waals surface area contributed by atoms with Gasteiger partial charge >= 0.3 is 0 Å². The summed E-state index contributed by atoms with van der Waals surface area (Å²) in [5.74, 6) is 0.799. The number of unbranched alkanes of at least 4 members (excludes halogenated alkanes) is 1. The summed E-state index contributed by atoms with van der Waals surface area (Å²) in [5.41, 5.74) is 0. The van der Waals surface area contributed by atoms with Crippen molar-refractivity contribution in [3.63, 3.8) is 0 Å². The van der Waals surface area contributed by atoms with Crippen LogP contribution in [0.1, 0.15) is 40.0 Å². The van der Waals surface area contributed by atoms with Crippen LogP contribution in [0.2, 0.25) is 0 Å². The van der Waals surface area contributed by atoms with Crippen molar-refractivity contribution in [1.82, 2.24) is 10.2 Å². The summed E-state index contributed by atoms with van der Waals surface area (Å²) >= 11 is 0. The quantitative estimate of drug-likeness (QED) is 0.744. The molecule has 84 valence electrons. The lowest BCUT2D eigenvalue weighted by atomic mass is 9.89. The van der Waals surface area contributed by atoms with Crippen LogP contribution in [-0.2, 0) is 0 Å². The van der Waals surface area contributed by atoms with Crippen molar-refractivity contribution in [3.05, 3.63) is 0 Å². The van der Waals surface area contributed by atoms with Gasteiger partial charge in [0.15, 0.2) is 0 Å². The van der Waals surface area contributed by atoms with E-state index in [0.717, 1.165) is 18.0 Å². The zero-order valence-electron chi connectivity index (χ0n) is 10.2. The molecule has 0 bridgehead atoms. The first-order valence-electron chi connectivity index (χ1n) is 6.10. The van der Waals surface area contributed by atoms with E-state index in [0.29, 0.717) is 0 Å². The van der Waals surface area contributed by atoms with Gasteiger partial charge in [0.05, 0.1) is 0 Å². The highest BCUT2D eigenvalue weighted by atomic mass is 15.2. The van der Waals surface area contributed by atoms with E-state index in [2.05, 4.69) is 38.0 Å². The van der Waals surface area contributed by atoms with Crippen molar-refractivity contribution in [3.8, 4) is 0 Å². The molecule has 3 atom stereocenters. The number of hydrogen-bond donors (Lipinski definition) is 1. The van der Waals surface area contributed by atoms with Crippen molar-refractivity contribution in [2.45, 2.75) is 52.1 Å². The van der Waals surface area contributed by atoms with E-state index in [-0.39, 0.29) is 0 Å². The maximum atomic E-state index is 3.43. The van der Waals surface area contributed by atoms with Crippen LogP contribution in [-0.4, -0.2) is 37.1 Å². The van der Waals surface area contributed by atoms with Gasteiger partial charge in [-0.25, -0.2) is 0 Å². The van der Waals surface area contributed by atoms with Crippen molar-refractivity contribution < 1.29 is 0 Å². The van der Waals surface area contributed by atoms with Gasteiger partial charge < -0.3 is 10.2 Å². The number of piperidine rings is 1. The number of likely N-dealkylation sites (tertiary alicyclic amines) is 1. The smallest absolute Gasteiger partial charge is 0.0117 e. The number of nitrogens with zero attached hydrogens (tertiary/aromatic N) is 1. The van der Waals surface area contributed by atoms with Gasteiger partial charge in [-0.15, -0.1) is 0 Å². The van der Waals surface area contributed by atoms with Crippen LogP contribution >= 0.6 is 0 Å². The summed E-state index contributed by atoms with van der Waals surface area (Å²) in [6, 6.07) is 1.48. The molecule has 1 heterocycles. The summed E-state index contributed by atoms with van der Waals surface area (Å²) in [6.45, 7) is 9.57. The third-order valence-electron chi connectivity index (χ3n) is 3.60. The topological polar surface area (TPSA) is 15.3 Å². The molecule has 0 radical (unpaired) electrons. The van der Waals surface area contributed by atoms with Crippen LogP contribution in [0.25, 0.3) is 0 Å². The van der Waals surface area contributed by atoms with Crippen molar-refractivity contribution in [2.75, 3.05) is 20.1 Å². The molecule has 0 amide bonds. The molecule has 1 rings (SSSR count). The summed E-state index contributed by atoms with van der Waals surface area (Å²) < 4.78 is 0. The predicted octanol–water partition coefficient (Wildman–Crippen LogP) is 2.10. The molecule has 1 saturated heterocycles. The summed E-state index contributed by atoms with van der Waals surface area (Å²) in [6.07, 6.45) is 3.97. The molecule has 0 aliphatic carbocycles. The molecule has 2 nitrogen and oxygen atoms in total. The lowest BCUT2D eigenvalue weighted by Gasteiger charge is -2.41. The Bertz CT molecular complexity index is 158. The average molecular weight is 198 g/mol. The van der Waals surface area contributed by atoms with E-state index in [1.807, 2.05) is 0 Å². The van der Waals surface area contributed by atoms with Gasteiger partial charge in [-0.05, 0) is 39.3 Å². The van der Waals surface area contributed by atoms with Crippen molar-refractivity contribution >= 4 is 0 Å². The van der Waals surface area contributed by atoms with Gasteiger partial charge in [0.25, 0.3) is 0 Å². The van der Waals surface area contributed by atoms with Gasteiger partial charge in [-0.1, -0.05) is 20.3 Å². The summed E-state index contributed by atoms with van der Waals surface area (Å²) in [4.78, 5) is 2.65. The highest BCUT2D eigenvalue weighted by Gasteiger charge is 2.29. The third kappa shape index (κ3) is 2.96. The van der Waals surface area contributed by atoms with E-state index in [9.17, 15) is 0 Å². The Morgan fingerprint density at radius 2 is 2.07 bits per heavy atom. The fourth-order valence-corrected chi connectivity index (χ4v) is 2.50. The maximum Gasteiger partial charge on any atom is 0.0117 e. The Kier molecular flexibility index (Phi) is 4.90. The molecule has 2 heteroatoms. The number of rotatable bonds is 4. The molecular weight excluding hydrogens is 172 g/mol. The van der Waals surface area contributed by atoms with Gasteiger partial charge in [-0.2, -0.15) is 0 Å². The van der Waals surface area contributed by atoms with Crippen LogP contribution in [0.15, 0.2) is 0 Å². The molecule has 1 fully saturated rings. The largest absolute Gasteiger partial charge is 0.317 e. The summed E-state index contributed by atoms with van der Waals surface area (Å²) in [5, 5.41) is 3.43. The molecule has 0 aromatic rings. The zero-order chi connectivity index (χ0) is 10.6. The molecule has 0 aromatic carbocycles. The second-order valence-electron chi connectivity index (χ2n) is 4.81. The molecule has 1 N–H and O–H groups in total. The van der Waals surface area contributed by atoms with Crippen LogP contribution in [0, 0.1) is 5.92 Å². The van der Waals surface area contributed by atoms with E-state index >= 15 is 0 Å². The Morgan fingerprint density at radius 3 is 2.64 bits per heavy atom. The predicted molar refractivity (Wildman–Crippen MR) is 62.6 cm³/mol. The van der Waals surface area contributed by atoms with E-state index in [1.165, 1.54) is 32.4 Å². The SMILES string of the molecule is CCCCN1CC(C)C(NC)CC1C. The second-order valence-corrected chi connectivity index (χ2v) is 4.81. The minimum atomic E-state index is 0.725. The molecule has 3 unspecified atom stereocenters. The van der Waals surface area contributed by atoms with Crippen LogP contribution in [0.5, 0.6) is 0 Å². The first kappa shape index (κ1) is 12.0. The van der Waals surface area contributed by atoms with E-state index < -0.39 is 0 Å². The molecule has 1 aliphatic rings. The summed E-state index contributed by atoms with van der Waals surface area (Å²) in [7, 11) is 2.09. The third-order valence-corrected chi connectivity index (χ3v) is 3.60. The fraction of sp³-hybridized carbons (Fsp3) is 1.00. The van der Waals surface area contributed by atoms with Gasteiger partial charge in [0, 0.05) is 18.6 Å². The molecule has 1 aliphatic heterocycles.